The van der Waals surface area contributed by atoms with Crippen molar-refractivity contribution in [2.24, 2.45) is 0 Å². The minimum absolute atomic E-state index is 0.0691. The molecule has 0 aliphatic rings. The summed E-state index contributed by atoms with van der Waals surface area (Å²) in [5, 5.41) is 13.7. The van der Waals surface area contributed by atoms with Crippen LogP contribution in [-0.4, -0.2) is 32.0 Å². The second kappa shape index (κ2) is 8.71. The van der Waals surface area contributed by atoms with Crippen LogP contribution in [0.2, 0.25) is 0 Å². The van der Waals surface area contributed by atoms with E-state index in [1.165, 1.54) is 11.8 Å². The monoisotopic (exact) mass is 421 g/mol. The van der Waals surface area contributed by atoms with Crippen LogP contribution in [0.15, 0.2) is 64.3 Å². The molecule has 0 amide bonds. The van der Waals surface area contributed by atoms with Gasteiger partial charge in [-0.05, 0) is 43.3 Å². The van der Waals surface area contributed by atoms with E-state index in [1.54, 1.807) is 7.11 Å². The molecule has 4 aromatic rings. The zero-order chi connectivity index (χ0) is 21.1. The van der Waals surface area contributed by atoms with Gasteiger partial charge in [0.2, 0.25) is 5.89 Å². The van der Waals surface area contributed by atoms with Gasteiger partial charge < -0.3 is 9.26 Å². The van der Waals surface area contributed by atoms with Gasteiger partial charge in [0.25, 0.3) is 0 Å². The first-order valence-corrected chi connectivity index (χ1v) is 10.6. The van der Waals surface area contributed by atoms with Crippen LogP contribution < -0.4 is 4.74 Å². The normalized spacial score (nSPS) is 12.3. The smallest absolute Gasteiger partial charge is 0.239 e. The molecule has 0 aliphatic heterocycles. The molecule has 0 spiro atoms. The van der Waals surface area contributed by atoms with Crippen LogP contribution in [0.25, 0.3) is 17.1 Å². The number of thioether (sulfide) groups is 1. The summed E-state index contributed by atoms with van der Waals surface area (Å²) in [7, 11) is 1.65. The molecule has 0 saturated heterocycles. The number of hydrogen-bond donors (Lipinski definition) is 0. The van der Waals surface area contributed by atoms with E-state index in [4.69, 9.17) is 9.26 Å². The molecule has 0 N–H and O–H groups in total. The molecule has 0 bridgehead atoms. The van der Waals surface area contributed by atoms with Gasteiger partial charge in [-0.1, -0.05) is 49.0 Å². The fraction of sp³-hybridized carbons (Fsp3) is 0.273. The SMILES string of the molecule is COc1ccc(-c2nnc(SC(C)c3nc(C(C)C)no3)n2-c2ccccc2)cc1. The van der Waals surface area contributed by atoms with E-state index in [1.807, 2.05) is 79.9 Å². The molecule has 7 nitrogen and oxygen atoms in total. The number of nitrogens with zero attached hydrogens (tertiary/aromatic N) is 5. The van der Waals surface area contributed by atoms with E-state index in [-0.39, 0.29) is 11.2 Å². The summed E-state index contributed by atoms with van der Waals surface area (Å²) >= 11 is 1.53. The van der Waals surface area contributed by atoms with Crippen LogP contribution in [0.1, 0.15) is 43.7 Å². The Morgan fingerprint density at radius 3 is 2.33 bits per heavy atom. The van der Waals surface area contributed by atoms with E-state index in [0.29, 0.717) is 11.7 Å². The van der Waals surface area contributed by atoms with Gasteiger partial charge in [0.05, 0.1) is 12.4 Å². The number of benzene rings is 2. The van der Waals surface area contributed by atoms with Gasteiger partial charge in [-0.3, -0.25) is 4.57 Å². The third kappa shape index (κ3) is 4.09. The lowest BCUT2D eigenvalue weighted by Gasteiger charge is -2.12. The largest absolute Gasteiger partial charge is 0.497 e. The fourth-order valence-corrected chi connectivity index (χ4v) is 3.84. The second-order valence-electron chi connectivity index (χ2n) is 7.11. The third-order valence-electron chi connectivity index (χ3n) is 4.60. The molecule has 0 aliphatic carbocycles. The standard InChI is InChI=1S/C22H23N5O2S/c1-14(2)19-23-21(29-26-19)15(3)30-22-25-24-20(16-10-12-18(28-4)13-11-16)27(22)17-8-6-5-7-9-17/h5-15H,1-4H3. The number of methoxy groups -OCH3 is 1. The van der Waals surface area contributed by atoms with Crippen molar-refractivity contribution < 1.29 is 9.26 Å². The maximum absolute atomic E-state index is 5.47. The molecule has 154 valence electrons. The van der Waals surface area contributed by atoms with Crippen molar-refractivity contribution in [2.75, 3.05) is 7.11 Å². The second-order valence-corrected chi connectivity index (χ2v) is 8.42. The minimum atomic E-state index is -0.0691. The van der Waals surface area contributed by atoms with Gasteiger partial charge in [-0.15, -0.1) is 10.2 Å². The quantitative estimate of drug-likeness (QED) is 0.375. The molecule has 2 aromatic carbocycles. The van der Waals surface area contributed by atoms with Crippen molar-refractivity contribution in [1.29, 1.82) is 0 Å². The maximum atomic E-state index is 5.47. The highest BCUT2D eigenvalue weighted by Gasteiger charge is 2.22. The Bertz CT molecular complexity index is 1110. The first-order chi connectivity index (χ1) is 14.6. The molecule has 2 aromatic heterocycles. The van der Waals surface area contributed by atoms with Gasteiger partial charge in [0, 0.05) is 17.2 Å². The van der Waals surface area contributed by atoms with Crippen molar-refractivity contribution in [3.63, 3.8) is 0 Å². The van der Waals surface area contributed by atoms with E-state index < -0.39 is 0 Å². The lowest BCUT2D eigenvalue weighted by Crippen LogP contribution is -2.01. The van der Waals surface area contributed by atoms with Crippen LogP contribution in [-0.2, 0) is 0 Å². The first-order valence-electron chi connectivity index (χ1n) is 9.72. The summed E-state index contributed by atoms with van der Waals surface area (Å²) in [6, 6.07) is 17.9. The van der Waals surface area contributed by atoms with Gasteiger partial charge in [-0.2, -0.15) is 4.98 Å². The predicted octanol–water partition coefficient (Wildman–Crippen LogP) is 5.30. The van der Waals surface area contributed by atoms with Crippen LogP contribution in [0.4, 0.5) is 0 Å². The molecule has 1 atom stereocenters. The lowest BCUT2D eigenvalue weighted by atomic mass is 10.2. The molecule has 0 fully saturated rings. The number of para-hydroxylation sites is 1. The highest BCUT2D eigenvalue weighted by Crippen LogP contribution is 2.36. The fourth-order valence-electron chi connectivity index (χ4n) is 2.94. The van der Waals surface area contributed by atoms with Crippen LogP contribution in [0.5, 0.6) is 5.75 Å². The van der Waals surface area contributed by atoms with Crippen molar-refractivity contribution in [2.45, 2.75) is 37.1 Å². The van der Waals surface area contributed by atoms with Crippen molar-refractivity contribution in [1.82, 2.24) is 24.9 Å². The Morgan fingerprint density at radius 1 is 0.967 bits per heavy atom. The number of aromatic nitrogens is 5. The highest BCUT2D eigenvalue weighted by molar-refractivity contribution is 7.99. The van der Waals surface area contributed by atoms with Gasteiger partial charge >= 0.3 is 0 Å². The zero-order valence-electron chi connectivity index (χ0n) is 17.3. The Hall–Kier alpha value is -3.13. The van der Waals surface area contributed by atoms with Crippen LogP contribution in [0.3, 0.4) is 0 Å². The summed E-state index contributed by atoms with van der Waals surface area (Å²) in [4.78, 5) is 4.52. The number of rotatable bonds is 7. The zero-order valence-corrected chi connectivity index (χ0v) is 18.1. The molecule has 8 heteroatoms. The van der Waals surface area contributed by atoms with Gasteiger partial charge in [0.1, 0.15) is 5.75 Å². The van der Waals surface area contributed by atoms with Crippen molar-refractivity contribution >= 4 is 11.8 Å². The Kier molecular flexibility index (Phi) is 5.85. The van der Waals surface area contributed by atoms with E-state index in [9.17, 15) is 0 Å². The average Bonchev–Trinajstić information content (AvgIpc) is 3.42. The van der Waals surface area contributed by atoms with E-state index in [0.717, 1.165) is 28.0 Å². The molecule has 0 radical (unpaired) electrons. The van der Waals surface area contributed by atoms with Crippen molar-refractivity contribution in [3.8, 4) is 22.8 Å². The first kappa shape index (κ1) is 20.2. The van der Waals surface area contributed by atoms with E-state index in [2.05, 4.69) is 20.3 Å². The summed E-state index contributed by atoms with van der Waals surface area (Å²) in [6.07, 6.45) is 0. The Morgan fingerprint density at radius 2 is 1.70 bits per heavy atom. The van der Waals surface area contributed by atoms with Gasteiger partial charge in [-0.25, -0.2) is 0 Å². The Labute approximate surface area is 179 Å². The highest BCUT2D eigenvalue weighted by atomic mass is 32.2. The summed E-state index contributed by atoms with van der Waals surface area (Å²) in [6.45, 7) is 6.11. The molecule has 4 rings (SSSR count). The van der Waals surface area contributed by atoms with Crippen molar-refractivity contribution in [3.05, 3.63) is 66.3 Å². The van der Waals surface area contributed by atoms with Crippen LogP contribution >= 0.6 is 11.8 Å². The summed E-state index contributed by atoms with van der Waals surface area (Å²) < 4.78 is 12.8. The Balaban J connectivity index is 1.71. The molecule has 2 heterocycles. The molecule has 30 heavy (non-hydrogen) atoms. The minimum Gasteiger partial charge on any atom is -0.497 e. The topological polar surface area (TPSA) is 78.9 Å². The average molecular weight is 422 g/mol. The molecular formula is C22H23N5O2S. The number of hydrogen-bond acceptors (Lipinski definition) is 7. The predicted molar refractivity (Wildman–Crippen MR) is 116 cm³/mol. The van der Waals surface area contributed by atoms with E-state index >= 15 is 0 Å². The summed E-state index contributed by atoms with van der Waals surface area (Å²) in [5.74, 6) is 3.06. The lowest BCUT2D eigenvalue weighted by molar-refractivity contribution is 0.373. The van der Waals surface area contributed by atoms with Crippen LogP contribution in [0, 0.1) is 0 Å². The molecule has 1 unspecified atom stereocenters. The van der Waals surface area contributed by atoms with Gasteiger partial charge in [0.15, 0.2) is 16.8 Å². The molecular weight excluding hydrogens is 398 g/mol. The third-order valence-corrected chi connectivity index (χ3v) is 5.63. The number of ether oxygens (including phenoxy) is 1. The summed E-state index contributed by atoms with van der Waals surface area (Å²) in [5.41, 5.74) is 1.93. The maximum Gasteiger partial charge on any atom is 0.239 e. The molecule has 0 saturated carbocycles.